The SMILES string of the molecule is O=C(CNC(=O)c1cccs1)Nc1ccc(C(=O)N2CCCC2)cc1. The van der Waals surface area contributed by atoms with Crippen LogP contribution in [-0.4, -0.2) is 42.3 Å². The number of nitrogens with one attached hydrogen (secondary N) is 2. The monoisotopic (exact) mass is 357 g/mol. The van der Waals surface area contributed by atoms with Crippen LogP contribution in [0.2, 0.25) is 0 Å². The molecule has 0 radical (unpaired) electrons. The van der Waals surface area contributed by atoms with Crippen molar-refractivity contribution in [3.8, 4) is 0 Å². The van der Waals surface area contributed by atoms with Crippen LogP contribution in [0.3, 0.4) is 0 Å². The number of hydrogen-bond acceptors (Lipinski definition) is 4. The molecule has 2 N–H and O–H groups in total. The van der Waals surface area contributed by atoms with Gasteiger partial charge in [0.15, 0.2) is 0 Å². The molecule has 1 aromatic carbocycles. The Bertz CT molecular complexity index is 750. The number of rotatable bonds is 5. The first kappa shape index (κ1) is 17.2. The highest BCUT2D eigenvalue weighted by atomic mass is 32.1. The van der Waals surface area contributed by atoms with Crippen LogP contribution in [0, 0.1) is 0 Å². The van der Waals surface area contributed by atoms with Crippen LogP contribution in [-0.2, 0) is 4.79 Å². The third-order valence-corrected chi connectivity index (χ3v) is 4.83. The largest absolute Gasteiger partial charge is 0.342 e. The molecule has 0 atom stereocenters. The van der Waals surface area contributed by atoms with E-state index in [1.54, 1.807) is 41.8 Å². The molecular formula is C18H19N3O3S. The van der Waals surface area contributed by atoms with E-state index in [2.05, 4.69) is 10.6 Å². The number of anilines is 1. The van der Waals surface area contributed by atoms with Gasteiger partial charge in [0.1, 0.15) is 0 Å². The Hall–Kier alpha value is -2.67. The molecule has 6 nitrogen and oxygen atoms in total. The van der Waals surface area contributed by atoms with Gasteiger partial charge in [-0.1, -0.05) is 6.07 Å². The van der Waals surface area contributed by atoms with Crippen molar-refractivity contribution < 1.29 is 14.4 Å². The zero-order chi connectivity index (χ0) is 17.6. The summed E-state index contributed by atoms with van der Waals surface area (Å²) in [7, 11) is 0. The molecule has 0 spiro atoms. The molecule has 3 amide bonds. The second kappa shape index (κ2) is 7.94. The Morgan fingerprint density at radius 2 is 1.76 bits per heavy atom. The Labute approximate surface area is 149 Å². The lowest BCUT2D eigenvalue weighted by molar-refractivity contribution is -0.115. The number of hydrogen-bond donors (Lipinski definition) is 2. The van der Waals surface area contributed by atoms with Gasteiger partial charge in [0, 0.05) is 24.3 Å². The smallest absolute Gasteiger partial charge is 0.261 e. The predicted molar refractivity (Wildman–Crippen MR) is 96.9 cm³/mol. The molecule has 1 fully saturated rings. The molecule has 2 aromatic rings. The summed E-state index contributed by atoms with van der Waals surface area (Å²) in [5.41, 5.74) is 1.21. The lowest BCUT2D eigenvalue weighted by Gasteiger charge is -2.15. The second-order valence-electron chi connectivity index (χ2n) is 5.78. The third kappa shape index (κ3) is 4.45. The highest BCUT2D eigenvalue weighted by molar-refractivity contribution is 7.12. The van der Waals surface area contributed by atoms with Gasteiger partial charge in [0.25, 0.3) is 11.8 Å². The summed E-state index contributed by atoms with van der Waals surface area (Å²) in [5, 5.41) is 7.08. The van der Waals surface area contributed by atoms with Crippen molar-refractivity contribution >= 4 is 34.7 Å². The Morgan fingerprint density at radius 3 is 2.40 bits per heavy atom. The summed E-state index contributed by atoms with van der Waals surface area (Å²) >= 11 is 1.32. The van der Waals surface area contributed by atoms with Gasteiger partial charge < -0.3 is 15.5 Å². The van der Waals surface area contributed by atoms with E-state index in [0.29, 0.717) is 16.1 Å². The molecule has 2 heterocycles. The van der Waals surface area contributed by atoms with Crippen LogP contribution >= 0.6 is 11.3 Å². The van der Waals surface area contributed by atoms with Crippen LogP contribution in [0.1, 0.15) is 32.9 Å². The minimum Gasteiger partial charge on any atom is -0.342 e. The lowest BCUT2D eigenvalue weighted by atomic mass is 10.2. The van der Waals surface area contributed by atoms with E-state index in [9.17, 15) is 14.4 Å². The van der Waals surface area contributed by atoms with Crippen LogP contribution < -0.4 is 10.6 Å². The fourth-order valence-corrected chi connectivity index (χ4v) is 3.30. The quantitative estimate of drug-likeness (QED) is 0.862. The van der Waals surface area contributed by atoms with Crippen LogP contribution in [0.25, 0.3) is 0 Å². The maximum absolute atomic E-state index is 12.3. The lowest BCUT2D eigenvalue weighted by Crippen LogP contribution is -2.32. The minimum absolute atomic E-state index is 0.0265. The molecule has 0 saturated carbocycles. The van der Waals surface area contributed by atoms with E-state index in [0.717, 1.165) is 25.9 Å². The Morgan fingerprint density at radius 1 is 1.04 bits per heavy atom. The molecule has 25 heavy (non-hydrogen) atoms. The summed E-state index contributed by atoms with van der Waals surface area (Å²) in [6.45, 7) is 1.51. The zero-order valence-electron chi connectivity index (χ0n) is 13.7. The summed E-state index contributed by atoms with van der Waals surface area (Å²) in [6.07, 6.45) is 2.11. The minimum atomic E-state index is -0.316. The van der Waals surface area contributed by atoms with E-state index in [1.165, 1.54) is 11.3 Å². The number of nitrogens with zero attached hydrogens (tertiary/aromatic N) is 1. The molecule has 0 unspecified atom stereocenters. The second-order valence-corrected chi connectivity index (χ2v) is 6.73. The predicted octanol–water partition coefficient (Wildman–Crippen LogP) is 2.35. The van der Waals surface area contributed by atoms with E-state index in [1.807, 2.05) is 4.90 Å². The van der Waals surface area contributed by atoms with E-state index < -0.39 is 0 Å². The molecular weight excluding hydrogens is 338 g/mol. The van der Waals surface area contributed by atoms with Gasteiger partial charge in [-0.25, -0.2) is 0 Å². The first-order chi connectivity index (χ1) is 12.1. The molecule has 1 aliphatic heterocycles. The maximum Gasteiger partial charge on any atom is 0.261 e. The number of likely N-dealkylation sites (tertiary alicyclic amines) is 1. The van der Waals surface area contributed by atoms with Gasteiger partial charge in [-0.2, -0.15) is 0 Å². The fourth-order valence-electron chi connectivity index (χ4n) is 2.66. The number of amides is 3. The molecule has 3 rings (SSSR count). The van der Waals surface area contributed by atoms with Gasteiger partial charge in [0.05, 0.1) is 11.4 Å². The number of carbonyl (C=O) groups excluding carboxylic acids is 3. The van der Waals surface area contributed by atoms with Crippen molar-refractivity contribution in [2.75, 3.05) is 25.0 Å². The van der Waals surface area contributed by atoms with Gasteiger partial charge in [-0.05, 0) is 48.6 Å². The molecule has 1 aromatic heterocycles. The first-order valence-corrected chi connectivity index (χ1v) is 9.02. The van der Waals surface area contributed by atoms with Gasteiger partial charge in [-0.15, -0.1) is 11.3 Å². The van der Waals surface area contributed by atoms with Crippen molar-refractivity contribution in [3.05, 3.63) is 52.2 Å². The van der Waals surface area contributed by atoms with Crippen molar-refractivity contribution in [1.29, 1.82) is 0 Å². The number of benzene rings is 1. The number of carbonyl (C=O) groups is 3. The molecule has 130 valence electrons. The maximum atomic E-state index is 12.3. The topological polar surface area (TPSA) is 78.5 Å². The molecule has 1 aliphatic rings. The average Bonchev–Trinajstić information content (AvgIpc) is 3.33. The van der Waals surface area contributed by atoms with E-state index in [-0.39, 0.29) is 24.3 Å². The van der Waals surface area contributed by atoms with Crippen molar-refractivity contribution in [2.24, 2.45) is 0 Å². The summed E-state index contributed by atoms with van der Waals surface area (Å²) < 4.78 is 0. The molecule has 1 saturated heterocycles. The number of thiophene rings is 1. The third-order valence-electron chi connectivity index (χ3n) is 3.96. The van der Waals surface area contributed by atoms with Gasteiger partial charge in [-0.3, -0.25) is 14.4 Å². The van der Waals surface area contributed by atoms with Crippen molar-refractivity contribution in [2.45, 2.75) is 12.8 Å². The summed E-state index contributed by atoms with van der Waals surface area (Å²) in [4.78, 5) is 38.4. The highest BCUT2D eigenvalue weighted by Crippen LogP contribution is 2.15. The molecule has 7 heteroatoms. The fraction of sp³-hybridized carbons (Fsp3) is 0.278. The van der Waals surface area contributed by atoms with Gasteiger partial charge in [0.2, 0.25) is 5.91 Å². The molecule has 0 aliphatic carbocycles. The van der Waals surface area contributed by atoms with Crippen molar-refractivity contribution in [1.82, 2.24) is 10.2 Å². The highest BCUT2D eigenvalue weighted by Gasteiger charge is 2.19. The van der Waals surface area contributed by atoms with Crippen LogP contribution in [0.4, 0.5) is 5.69 Å². The molecule has 0 bridgehead atoms. The van der Waals surface area contributed by atoms with Crippen molar-refractivity contribution in [3.63, 3.8) is 0 Å². The van der Waals surface area contributed by atoms with E-state index in [4.69, 9.17) is 0 Å². The van der Waals surface area contributed by atoms with Crippen LogP contribution in [0.15, 0.2) is 41.8 Å². The summed E-state index contributed by atoms with van der Waals surface area (Å²) in [5.74, 6) is -0.557. The van der Waals surface area contributed by atoms with Crippen LogP contribution in [0.5, 0.6) is 0 Å². The van der Waals surface area contributed by atoms with E-state index >= 15 is 0 Å². The van der Waals surface area contributed by atoms with Gasteiger partial charge >= 0.3 is 0 Å². The standard InChI is InChI=1S/C18H19N3O3S/c22-16(12-19-17(23)15-4-3-11-25-15)20-14-7-5-13(6-8-14)18(24)21-9-1-2-10-21/h3-8,11H,1-2,9-10,12H2,(H,19,23)(H,20,22). The Kier molecular flexibility index (Phi) is 5.45. The normalized spacial score (nSPS) is 13.5. The first-order valence-electron chi connectivity index (χ1n) is 8.14. The average molecular weight is 357 g/mol. The zero-order valence-corrected chi connectivity index (χ0v) is 14.5. The summed E-state index contributed by atoms with van der Waals surface area (Å²) in [6, 6.07) is 10.3. The Balaban J connectivity index is 1.50.